The standard InChI is InChI=1S/C27H29N7O4S/c1-3-4-6-18-9-11-19(12-10-18)24(29-27(36)28-22-7-5-8-23(17-22)39(2,37)38)20-13-15-21(16-14-20)25(35)30-26-31-33-34-32-26/h5,7-17,24H,3-4,6H2,1-2H3,(H2,28,29,36)(H2,30,31,32,33,34,35). The summed E-state index contributed by atoms with van der Waals surface area (Å²) in [5.41, 5.74) is 3.51. The van der Waals surface area contributed by atoms with Gasteiger partial charge in [-0.3, -0.25) is 10.1 Å². The highest BCUT2D eigenvalue weighted by atomic mass is 32.2. The molecule has 0 aliphatic heterocycles. The van der Waals surface area contributed by atoms with Crippen molar-refractivity contribution in [1.82, 2.24) is 25.9 Å². The molecule has 1 heterocycles. The van der Waals surface area contributed by atoms with Crippen molar-refractivity contribution in [2.75, 3.05) is 16.9 Å². The van der Waals surface area contributed by atoms with Gasteiger partial charge in [0.25, 0.3) is 11.9 Å². The number of hydrogen-bond acceptors (Lipinski definition) is 7. The van der Waals surface area contributed by atoms with Crippen LogP contribution in [-0.4, -0.2) is 47.2 Å². The minimum Gasteiger partial charge on any atom is -0.327 e. The summed E-state index contributed by atoms with van der Waals surface area (Å²) in [7, 11) is -3.43. The number of amides is 3. The normalized spacial score (nSPS) is 11.9. The van der Waals surface area contributed by atoms with E-state index < -0.39 is 27.8 Å². The van der Waals surface area contributed by atoms with Crippen LogP contribution in [0.3, 0.4) is 0 Å². The van der Waals surface area contributed by atoms with Gasteiger partial charge in [-0.15, -0.1) is 5.10 Å². The molecule has 0 aliphatic carbocycles. The summed E-state index contributed by atoms with van der Waals surface area (Å²) in [4.78, 5) is 25.6. The third-order valence-electron chi connectivity index (χ3n) is 6.00. The molecule has 1 atom stereocenters. The number of nitrogens with zero attached hydrogens (tertiary/aromatic N) is 3. The number of carbonyl (C=O) groups is 2. The van der Waals surface area contributed by atoms with E-state index in [-0.39, 0.29) is 10.8 Å². The third-order valence-corrected chi connectivity index (χ3v) is 7.11. The van der Waals surface area contributed by atoms with Crippen molar-refractivity contribution in [2.24, 2.45) is 0 Å². The van der Waals surface area contributed by atoms with Crippen molar-refractivity contribution in [3.05, 3.63) is 95.1 Å². The zero-order valence-corrected chi connectivity index (χ0v) is 22.3. The lowest BCUT2D eigenvalue weighted by Crippen LogP contribution is -2.33. The molecule has 1 aromatic heterocycles. The van der Waals surface area contributed by atoms with Crippen LogP contribution in [0.2, 0.25) is 0 Å². The first kappa shape index (κ1) is 27.5. The van der Waals surface area contributed by atoms with Crippen molar-refractivity contribution in [1.29, 1.82) is 0 Å². The van der Waals surface area contributed by atoms with Gasteiger partial charge in [0.2, 0.25) is 0 Å². The monoisotopic (exact) mass is 547 g/mol. The quantitative estimate of drug-likeness (QED) is 0.232. The van der Waals surface area contributed by atoms with Gasteiger partial charge in [0, 0.05) is 17.5 Å². The maximum atomic E-state index is 13.0. The first-order valence-electron chi connectivity index (χ1n) is 12.3. The largest absolute Gasteiger partial charge is 0.327 e. The second kappa shape index (κ2) is 12.3. The SMILES string of the molecule is CCCCc1ccc(C(NC(=O)Nc2cccc(S(C)(=O)=O)c2)c2ccc(C(=O)Nc3nn[nH]n3)cc2)cc1. The molecule has 0 saturated heterocycles. The van der Waals surface area contributed by atoms with Gasteiger partial charge in [-0.05, 0) is 65.1 Å². The van der Waals surface area contributed by atoms with Gasteiger partial charge < -0.3 is 10.6 Å². The molecule has 3 amide bonds. The van der Waals surface area contributed by atoms with Crippen LogP contribution >= 0.6 is 0 Å². The van der Waals surface area contributed by atoms with Gasteiger partial charge in [-0.25, -0.2) is 13.2 Å². The molecule has 0 saturated carbocycles. The summed E-state index contributed by atoms with van der Waals surface area (Å²) in [6.45, 7) is 2.14. The Morgan fingerprint density at radius 3 is 2.26 bits per heavy atom. The molecule has 0 fully saturated rings. The molecule has 11 nitrogen and oxygen atoms in total. The van der Waals surface area contributed by atoms with Gasteiger partial charge in [0.05, 0.1) is 10.9 Å². The molecule has 1 unspecified atom stereocenters. The van der Waals surface area contributed by atoms with Gasteiger partial charge in [-0.1, -0.05) is 60.9 Å². The summed E-state index contributed by atoms with van der Waals surface area (Å²) in [6, 6.07) is 19.8. The third kappa shape index (κ3) is 7.48. The maximum absolute atomic E-state index is 13.0. The molecule has 4 aromatic rings. The Morgan fingerprint density at radius 1 is 0.949 bits per heavy atom. The number of rotatable bonds is 10. The van der Waals surface area contributed by atoms with Gasteiger partial charge >= 0.3 is 6.03 Å². The van der Waals surface area contributed by atoms with Gasteiger partial charge in [-0.2, -0.15) is 5.21 Å². The number of nitrogens with one attached hydrogen (secondary N) is 4. The Morgan fingerprint density at radius 2 is 1.64 bits per heavy atom. The maximum Gasteiger partial charge on any atom is 0.319 e. The van der Waals surface area contributed by atoms with Crippen LogP contribution in [-0.2, 0) is 16.3 Å². The molecule has 39 heavy (non-hydrogen) atoms. The van der Waals surface area contributed by atoms with Crippen LogP contribution < -0.4 is 16.0 Å². The number of tetrazole rings is 1. The molecule has 0 aliphatic rings. The highest BCUT2D eigenvalue weighted by Crippen LogP contribution is 2.24. The lowest BCUT2D eigenvalue weighted by molar-refractivity contribution is 0.102. The molecule has 0 spiro atoms. The summed E-state index contributed by atoms with van der Waals surface area (Å²) in [5.74, 6) is -0.348. The van der Waals surface area contributed by atoms with Crippen molar-refractivity contribution in [3.8, 4) is 0 Å². The van der Waals surface area contributed by atoms with E-state index in [1.807, 2.05) is 24.3 Å². The fraction of sp³-hybridized carbons (Fsp3) is 0.222. The predicted molar refractivity (Wildman–Crippen MR) is 147 cm³/mol. The number of H-pyrrole nitrogens is 1. The Kier molecular flexibility index (Phi) is 8.67. The number of unbranched alkanes of at least 4 members (excludes halogenated alkanes) is 1. The fourth-order valence-electron chi connectivity index (χ4n) is 3.93. The molecule has 0 bridgehead atoms. The number of sulfone groups is 1. The molecule has 3 aromatic carbocycles. The Labute approximate surface area is 226 Å². The van der Waals surface area contributed by atoms with Crippen LogP contribution in [0.15, 0.2) is 77.7 Å². The Balaban J connectivity index is 1.56. The number of urea groups is 1. The van der Waals surface area contributed by atoms with E-state index in [4.69, 9.17) is 0 Å². The summed E-state index contributed by atoms with van der Waals surface area (Å²) in [5, 5.41) is 21.3. The van der Waals surface area contributed by atoms with E-state index in [9.17, 15) is 18.0 Å². The number of hydrogen-bond donors (Lipinski definition) is 4. The second-order valence-electron chi connectivity index (χ2n) is 8.99. The van der Waals surface area contributed by atoms with Crippen molar-refractivity contribution >= 4 is 33.4 Å². The Hall–Kier alpha value is -4.58. The van der Waals surface area contributed by atoms with Crippen molar-refractivity contribution < 1.29 is 18.0 Å². The minimum atomic E-state index is -3.43. The lowest BCUT2D eigenvalue weighted by atomic mass is 9.96. The van der Waals surface area contributed by atoms with Crippen molar-refractivity contribution in [3.63, 3.8) is 0 Å². The summed E-state index contributed by atoms with van der Waals surface area (Å²) in [6.07, 6.45) is 4.26. The second-order valence-corrected chi connectivity index (χ2v) is 11.0. The molecular formula is C27H29N7O4S. The van der Waals surface area contributed by atoms with E-state index in [2.05, 4.69) is 43.5 Å². The van der Waals surface area contributed by atoms with E-state index in [1.165, 1.54) is 17.7 Å². The van der Waals surface area contributed by atoms with Crippen LogP contribution in [0.4, 0.5) is 16.4 Å². The topological polar surface area (TPSA) is 159 Å². The highest BCUT2D eigenvalue weighted by Gasteiger charge is 2.19. The van der Waals surface area contributed by atoms with Crippen LogP contribution in [0.1, 0.15) is 52.9 Å². The lowest BCUT2D eigenvalue weighted by Gasteiger charge is -2.21. The van der Waals surface area contributed by atoms with E-state index in [0.717, 1.165) is 36.6 Å². The number of aryl methyl sites for hydroxylation is 1. The van der Waals surface area contributed by atoms with Crippen molar-refractivity contribution in [2.45, 2.75) is 37.1 Å². The number of anilines is 2. The van der Waals surface area contributed by atoms with E-state index in [1.54, 1.807) is 36.4 Å². The average molecular weight is 548 g/mol. The van der Waals surface area contributed by atoms with Crippen LogP contribution in [0.5, 0.6) is 0 Å². The molecule has 202 valence electrons. The van der Waals surface area contributed by atoms with Crippen LogP contribution in [0, 0.1) is 0 Å². The van der Waals surface area contributed by atoms with Gasteiger partial charge in [0.1, 0.15) is 0 Å². The molecule has 4 N–H and O–H groups in total. The number of benzene rings is 3. The van der Waals surface area contributed by atoms with Gasteiger partial charge in [0.15, 0.2) is 9.84 Å². The smallest absolute Gasteiger partial charge is 0.319 e. The van der Waals surface area contributed by atoms with Crippen LogP contribution in [0.25, 0.3) is 0 Å². The minimum absolute atomic E-state index is 0.0587. The zero-order valence-electron chi connectivity index (χ0n) is 21.5. The molecule has 0 radical (unpaired) electrons. The van der Waals surface area contributed by atoms with E-state index >= 15 is 0 Å². The first-order valence-corrected chi connectivity index (χ1v) is 14.2. The number of aromatic nitrogens is 4. The number of carbonyl (C=O) groups excluding carboxylic acids is 2. The fourth-order valence-corrected chi connectivity index (χ4v) is 4.60. The summed E-state index contributed by atoms with van der Waals surface area (Å²) < 4.78 is 23.8. The highest BCUT2D eigenvalue weighted by molar-refractivity contribution is 7.90. The number of aromatic amines is 1. The molecule has 4 rings (SSSR count). The first-order chi connectivity index (χ1) is 18.7. The zero-order chi connectivity index (χ0) is 27.8. The predicted octanol–water partition coefficient (Wildman–Crippen LogP) is 4.11. The molecular weight excluding hydrogens is 518 g/mol. The molecule has 12 heteroatoms. The summed E-state index contributed by atoms with van der Waals surface area (Å²) >= 11 is 0. The Bertz CT molecular complexity index is 1520. The van der Waals surface area contributed by atoms with E-state index in [0.29, 0.717) is 11.3 Å². The average Bonchev–Trinajstić information content (AvgIpc) is 3.44.